The van der Waals surface area contributed by atoms with Gasteiger partial charge in [-0.1, -0.05) is 48.2 Å². The van der Waals surface area contributed by atoms with Crippen LogP contribution in [-0.4, -0.2) is 18.4 Å². The number of aryl methyl sites for hydroxylation is 1. The van der Waals surface area contributed by atoms with Crippen molar-refractivity contribution in [3.8, 4) is 0 Å². The van der Waals surface area contributed by atoms with E-state index in [0.29, 0.717) is 21.4 Å². The van der Waals surface area contributed by atoms with Crippen molar-refractivity contribution in [3.05, 3.63) is 54.6 Å². The second-order valence-corrected chi connectivity index (χ2v) is 8.79. The van der Waals surface area contributed by atoms with Gasteiger partial charge < -0.3 is 10.3 Å². The number of hydrogen-bond acceptors (Lipinski definition) is 4. The molecule has 0 amide bonds. The zero-order chi connectivity index (χ0) is 17.3. The lowest BCUT2D eigenvalue weighted by Gasteiger charge is -2.12. The van der Waals surface area contributed by atoms with E-state index in [2.05, 4.69) is 0 Å². The van der Waals surface area contributed by atoms with Crippen LogP contribution in [0.25, 0.3) is 10.9 Å². The molecule has 0 aliphatic carbocycles. The van der Waals surface area contributed by atoms with Crippen LogP contribution in [-0.2, 0) is 16.4 Å². The Morgan fingerprint density at radius 3 is 2.28 bits per heavy atom. The van der Waals surface area contributed by atoms with Crippen LogP contribution in [0.5, 0.6) is 0 Å². The Morgan fingerprint density at radius 2 is 1.68 bits per heavy atom. The van der Waals surface area contributed by atoms with Crippen LogP contribution in [0.1, 0.15) is 13.8 Å². The monoisotopic (exact) mass is 440 g/mol. The van der Waals surface area contributed by atoms with E-state index in [1.165, 1.54) is 11.8 Å². The van der Waals surface area contributed by atoms with E-state index in [1.807, 2.05) is 48.7 Å². The molecule has 1 atom stereocenters. The maximum atomic E-state index is 13.3. The number of thioether (sulfide) groups is 1. The third kappa shape index (κ3) is 3.65. The molecule has 4 nitrogen and oxygen atoms in total. The second kappa shape index (κ2) is 7.95. The van der Waals surface area contributed by atoms with E-state index < -0.39 is 9.84 Å². The first-order chi connectivity index (χ1) is 11.5. The Morgan fingerprint density at radius 1 is 1.08 bits per heavy atom. The van der Waals surface area contributed by atoms with Crippen molar-refractivity contribution < 1.29 is 8.42 Å². The number of aromatic nitrogens is 1. The molecule has 0 fully saturated rings. The van der Waals surface area contributed by atoms with Gasteiger partial charge in [0, 0.05) is 11.9 Å². The van der Waals surface area contributed by atoms with Gasteiger partial charge in [0.25, 0.3) is 0 Å². The van der Waals surface area contributed by atoms with Gasteiger partial charge in [-0.25, -0.2) is 8.42 Å². The summed E-state index contributed by atoms with van der Waals surface area (Å²) in [5.41, 5.74) is 6.89. The number of sulfone groups is 1. The molecule has 0 saturated heterocycles. The smallest absolute Gasteiger partial charge is 0.209 e. The van der Waals surface area contributed by atoms with Crippen molar-refractivity contribution >= 4 is 49.5 Å². The minimum atomic E-state index is -3.63. The molecule has 134 valence electrons. The molecule has 1 aromatic heterocycles. The SMILES string of the molecule is Br.CCn1c(SC(C)N)c(S(=O)(=O)c2ccccc2)c2ccccc21. The number of nitrogens with zero attached hydrogens (tertiary/aromatic N) is 1. The summed E-state index contributed by atoms with van der Waals surface area (Å²) in [5.74, 6) is 0. The highest BCUT2D eigenvalue weighted by molar-refractivity contribution is 8.93. The first kappa shape index (κ1) is 20.0. The molecule has 25 heavy (non-hydrogen) atoms. The van der Waals surface area contributed by atoms with Gasteiger partial charge in [-0.05, 0) is 32.0 Å². The molecule has 3 rings (SSSR count). The van der Waals surface area contributed by atoms with Crippen molar-refractivity contribution in [2.75, 3.05) is 0 Å². The number of halogens is 1. The van der Waals surface area contributed by atoms with E-state index in [-0.39, 0.29) is 22.4 Å². The molecule has 1 unspecified atom stereocenters. The fourth-order valence-electron chi connectivity index (χ4n) is 2.83. The lowest BCUT2D eigenvalue weighted by Crippen LogP contribution is -2.12. The zero-order valence-electron chi connectivity index (χ0n) is 14.0. The Labute approximate surface area is 163 Å². The average Bonchev–Trinajstić information content (AvgIpc) is 2.88. The van der Waals surface area contributed by atoms with E-state index in [1.54, 1.807) is 24.3 Å². The minimum Gasteiger partial charge on any atom is -0.335 e. The first-order valence-corrected chi connectivity index (χ1v) is 10.2. The number of hydrogen-bond donors (Lipinski definition) is 1. The molecule has 0 aliphatic rings. The molecule has 2 N–H and O–H groups in total. The summed E-state index contributed by atoms with van der Waals surface area (Å²) in [5, 5.41) is 1.24. The Hall–Kier alpha value is -1.28. The van der Waals surface area contributed by atoms with Gasteiger partial charge in [-0.2, -0.15) is 0 Å². The molecule has 3 aromatic rings. The van der Waals surface area contributed by atoms with Crippen LogP contribution in [0.15, 0.2) is 69.4 Å². The highest BCUT2D eigenvalue weighted by atomic mass is 79.9. The molecule has 0 spiro atoms. The Kier molecular flexibility index (Phi) is 6.37. The normalized spacial score (nSPS) is 12.8. The van der Waals surface area contributed by atoms with Crippen LogP contribution < -0.4 is 5.73 Å². The molecule has 0 radical (unpaired) electrons. The average molecular weight is 441 g/mol. The second-order valence-electron chi connectivity index (χ2n) is 5.54. The van der Waals surface area contributed by atoms with Crippen molar-refractivity contribution in [2.24, 2.45) is 5.73 Å². The largest absolute Gasteiger partial charge is 0.335 e. The summed E-state index contributed by atoms with van der Waals surface area (Å²) < 4.78 is 28.7. The summed E-state index contributed by atoms with van der Waals surface area (Å²) in [7, 11) is -3.63. The number of para-hydroxylation sites is 1. The summed E-state index contributed by atoms with van der Waals surface area (Å²) in [4.78, 5) is 0.656. The molecule has 0 bridgehead atoms. The number of nitrogens with two attached hydrogens (primary N) is 1. The van der Waals surface area contributed by atoms with Crippen LogP contribution in [0.3, 0.4) is 0 Å². The van der Waals surface area contributed by atoms with E-state index in [9.17, 15) is 8.42 Å². The van der Waals surface area contributed by atoms with Gasteiger partial charge in [0.15, 0.2) is 0 Å². The topological polar surface area (TPSA) is 65.1 Å². The van der Waals surface area contributed by atoms with Crippen LogP contribution >= 0.6 is 28.7 Å². The molecule has 0 aliphatic heterocycles. The quantitative estimate of drug-likeness (QED) is 0.469. The van der Waals surface area contributed by atoms with Gasteiger partial charge in [0.1, 0.15) is 4.90 Å². The van der Waals surface area contributed by atoms with Crippen LogP contribution in [0, 0.1) is 0 Å². The summed E-state index contributed by atoms with van der Waals surface area (Å²) in [6.07, 6.45) is 0. The van der Waals surface area contributed by atoms with E-state index >= 15 is 0 Å². The number of rotatable bonds is 5. The third-order valence-corrected chi connectivity index (χ3v) is 6.81. The number of fused-ring (bicyclic) bond motifs is 1. The predicted octanol–water partition coefficient (Wildman–Crippen LogP) is 4.47. The molecule has 2 aromatic carbocycles. The standard InChI is InChI=1S/C18H20N2O2S2.BrH/c1-3-20-16-12-8-7-11-15(16)17(18(20)23-13(2)19)24(21,22)14-9-5-4-6-10-14;/h4-13H,3,19H2,1-2H3;1H. The zero-order valence-corrected chi connectivity index (χ0v) is 17.4. The lowest BCUT2D eigenvalue weighted by molar-refractivity contribution is 0.591. The van der Waals surface area contributed by atoms with Gasteiger partial charge in [-0.3, -0.25) is 0 Å². The van der Waals surface area contributed by atoms with Gasteiger partial charge >= 0.3 is 0 Å². The summed E-state index contributed by atoms with van der Waals surface area (Å²) in [6, 6.07) is 16.2. The predicted molar refractivity (Wildman–Crippen MR) is 109 cm³/mol. The molecule has 0 saturated carbocycles. The van der Waals surface area contributed by atoms with Crippen molar-refractivity contribution in [2.45, 2.75) is 40.6 Å². The third-order valence-electron chi connectivity index (χ3n) is 3.81. The van der Waals surface area contributed by atoms with E-state index in [4.69, 9.17) is 5.73 Å². The van der Waals surface area contributed by atoms with E-state index in [0.717, 1.165) is 10.9 Å². The highest BCUT2D eigenvalue weighted by Gasteiger charge is 2.29. The molecule has 1 heterocycles. The van der Waals surface area contributed by atoms with Crippen LogP contribution in [0.4, 0.5) is 0 Å². The Balaban J connectivity index is 0.00000225. The van der Waals surface area contributed by atoms with Gasteiger partial charge in [0.05, 0.1) is 20.8 Å². The Bertz CT molecular complexity index is 967. The minimum absolute atomic E-state index is 0. The first-order valence-electron chi connectivity index (χ1n) is 7.80. The maximum Gasteiger partial charge on any atom is 0.209 e. The molecular weight excluding hydrogens is 420 g/mol. The highest BCUT2D eigenvalue weighted by Crippen LogP contribution is 2.40. The fraction of sp³-hybridized carbons (Fsp3) is 0.222. The summed E-state index contributed by atoms with van der Waals surface area (Å²) >= 11 is 1.39. The fourth-order valence-corrected chi connectivity index (χ4v) is 5.78. The van der Waals surface area contributed by atoms with Crippen LogP contribution in [0.2, 0.25) is 0 Å². The van der Waals surface area contributed by atoms with Gasteiger partial charge in [0.2, 0.25) is 9.84 Å². The maximum absolute atomic E-state index is 13.3. The van der Waals surface area contributed by atoms with Crippen molar-refractivity contribution in [1.82, 2.24) is 4.57 Å². The number of benzene rings is 2. The molecular formula is C18H21BrN2O2S2. The van der Waals surface area contributed by atoms with Gasteiger partial charge in [-0.15, -0.1) is 17.0 Å². The lowest BCUT2D eigenvalue weighted by atomic mass is 10.2. The summed E-state index contributed by atoms with van der Waals surface area (Å²) in [6.45, 7) is 4.55. The van der Waals surface area contributed by atoms with Crippen molar-refractivity contribution in [1.29, 1.82) is 0 Å². The van der Waals surface area contributed by atoms with Crippen molar-refractivity contribution in [3.63, 3.8) is 0 Å². The molecule has 7 heteroatoms.